The van der Waals surface area contributed by atoms with Crippen LogP contribution >= 0.6 is 0 Å². The van der Waals surface area contributed by atoms with E-state index >= 15 is 0 Å². The summed E-state index contributed by atoms with van der Waals surface area (Å²) in [6, 6.07) is 3.80. The molecule has 0 bridgehead atoms. The van der Waals surface area contributed by atoms with Crippen molar-refractivity contribution in [2.24, 2.45) is 0 Å². The first-order valence-electron chi connectivity index (χ1n) is 6.87. The van der Waals surface area contributed by atoms with Crippen LogP contribution in [0.1, 0.15) is 30.2 Å². The van der Waals surface area contributed by atoms with Gasteiger partial charge in [0.15, 0.2) is 0 Å². The van der Waals surface area contributed by atoms with Crippen LogP contribution in [-0.4, -0.2) is 20.7 Å². The molecule has 0 aromatic carbocycles. The monoisotopic (exact) mass is 272 g/mol. The van der Waals surface area contributed by atoms with E-state index in [1.54, 1.807) is 12.4 Å². The van der Waals surface area contributed by atoms with E-state index in [0.29, 0.717) is 13.0 Å². The van der Waals surface area contributed by atoms with Gasteiger partial charge in [-0.1, -0.05) is 0 Å². The summed E-state index contributed by atoms with van der Waals surface area (Å²) < 4.78 is 1.90. The molecule has 0 fully saturated rings. The lowest BCUT2D eigenvalue weighted by Gasteiger charge is -2.04. The number of rotatable bonds is 6. The molecule has 106 valence electrons. The van der Waals surface area contributed by atoms with Crippen LogP contribution in [0, 0.1) is 6.92 Å². The first kappa shape index (κ1) is 14.2. The molecular formula is C15H20N4O. The maximum absolute atomic E-state index is 11.8. The molecule has 0 radical (unpaired) electrons. The second kappa shape index (κ2) is 6.84. The van der Waals surface area contributed by atoms with Crippen LogP contribution in [0.15, 0.2) is 30.7 Å². The van der Waals surface area contributed by atoms with Gasteiger partial charge < -0.3 is 5.32 Å². The minimum atomic E-state index is 0.0606. The van der Waals surface area contributed by atoms with E-state index in [0.717, 1.165) is 29.8 Å². The van der Waals surface area contributed by atoms with Crippen molar-refractivity contribution in [3.63, 3.8) is 0 Å². The largest absolute Gasteiger partial charge is 0.352 e. The van der Waals surface area contributed by atoms with Crippen molar-refractivity contribution in [3.8, 4) is 0 Å². The van der Waals surface area contributed by atoms with E-state index in [-0.39, 0.29) is 5.91 Å². The Hall–Kier alpha value is -2.17. The van der Waals surface area contributed by atoms with Gasteiger partial charge in [0.2, 0.25) is 5.91 Å². The lowest BCUT2D eigenvalue weighted by molar-refractivity contribution is -0.121. The molecule has 0 saturated carbocycles. The number of hydrogen-bond donors (Lipinski definition) is 1. The number of carbonyl (C=O) groups is 1. The van der Waals surface area contributed by atoms with Crippen LogP contribution in [0.3, 0.4) is 0 Å². The molecule has 0 aliphatic carbocycles. The number of nitrogens with one attached hydrogen (secondary N) is 1. The number of amides is 1. The first-order valence-corrected chi connectivity index (χ1v) is 6.87. The van der Waals surface area contributed by atoms with Gasteiger partial charge in [0, 0.05) is 38.1 Å². The third-order valence-corrected chi connectivity index (χ3v) is 3.23. The molecule has 5 heteroatoms. The zero-order valence-corrected chi connectivity index (χ0v) is 12.0. The van der Waals surface area contributed by atoms with Crippen molar-refractivity contribution in [1.82, 2.24) is 20.1 Å². The fraction of sp³-hybridized carbons (Fsp3) is 0.400. The van der Waals surface area contributed by atoms with Gasteiger partial charge in [0.1, 0.15) is 0 Å². The highest BCUT2D eigenvalue weighted by molar-refractivity contribution is 5.76. The Bertz CT molecular complexity index is 563. The summed E-state index contributed by atoms with van der Waals surface area (Å²) in [7, 11) is 0. The topological polar surface area (TPSA) is 59.8 Å². The van der Waals surface area contributed by atoms with E-state index in [1.165, 1.54) is 0 Å². The number of aryl methyl sites for hydroxylation is 3. The summed E-state index contributed by atoms with van der Waals surface area (Å²) in [6.45, 7) is 5.44. The highest BCUT2D eigenvalue weighted by Crippen LogP contribution is 2.08. The SMILES string of the molecule is CCn1cc(CCC(=O)NCc2ccncc2)c(C)n1. The summed E-state index contributed by atoms with van der Waals surface area (Å²) in [5.41, 5.74) is 3.21. The summed E-state index contributed by atoms with van der Waals surface area (Å²) in [4.78, 5) is 15.8. The Balaban J connectivity index is 1.79. The lowest BCUT2D eigenvalue weighted by Crippen LogP contribution is -2.23. The van der Waals surface area contributed by atoms with Gasteiger partial charge in [0.05, 0.1) is 5.69 Å². The van der Waals surface area contributed by atoms with E-state index in [4.69, 9.17) is 0 Å². The zero-order chi connectivity index (χ0) is 14.4. The van der Waals surface area contributed by atoms with Gasteiger partial charge in [0.25, 0.3) is 0 Å². The number of pyridine rings is 1. The number of carbonyl (C=O) groups excluding carboxylic acids is 1. The molecule has 2 aromatic heterocycles. The minimum absolute atomic E-state index is 0.0606. The standard InChI is InChI=1S/C15H20N4O/c1-3-19-11-14(12(2)18-19)4-5-15(20)17-10-13-6-8-16-9-7-13/h6-9,11H,3-5,10H2,1-2H3,(H,17,20). The van der Waals surface area contributed by atoms with Crippen LogP contribution in [0.25, 0.3) is 0 Å². The maximum Gasteiger partial charge on any atom is 0.220 e. The highest BCUT2D eigenvalue weighted by atomic mass is 16.1. The van der Waals surface area contributed by atoms with Crippen LogP contribution < -0.4 is 5.32 Å². The van der Waals surface area contributed by atoms with Crippen molar-refractivity contribution < 1.29 is 4.79 Å². The summed E-state index contributed by atoms with van der Waals surface area (Å²) >= 11 is 0. The highest BCUT2D eigenvalue weighted by Gasteiger charge is 2.07. The molecule has 5 nitrogen and oxygen atoms in total. The maximum atomic E-state index is 11.8. The minimum Gasteiger partial charge on any atom is -0.352 e. The van der Waals surface area contributed by atoms with Gasteiger partial charge in [-0.15, -0.1) is 0 Å². The van der Waals surface area contributed by atoms with Gasteiger partial charge in [-0.3, -0.25) is 14.5 Å². The first-order chi connectivity index (χ1) is 9.69. The fourth-order valence-electron chi connectivity index (χ4n) is 2.00. The van der Waals surface area contributed by atoms with E-state index in [9.17, 15) is 4.79 Å². The van der Waals surface area contributed by atoms with Gasteiger partial charge in [-0.25, -0.2) is 0 Å². The van der Waals surface area contributed by atoms with E-state index < -0.39 is 0 Å². The van der Waals surface area contributed by atoms with Crippen molar-refractivity contribution in [2.75, 3.05) is 0 Å². The van der Waals surface area contributed by atoms with Gasteiger partial charge in [-0.2, -0.15) is 5.10 Å². The molecule has 0 spiro atoms. The number of nitrogens with zero attached hydrogens (tertiary/aromatic N) is 3. The zero-order valence-electron chi connectivity index (χ0n) is 12.0. The Kier molecular flexibility index (Phi) is 4.87. The van der Waals surface area contributed by atoms with Crippen LogP contribution in [0.5, 0.6) is 0 Å². The molecule has 1 amide bonds. The second-order valence-electron chi connectivity index (χ2n) is 4.73. The predicted octanol–water partition coefficient (Wildman–Crippen LogP) is 1.86. The fourth-order valence-corrected chi connectivity index (χ4v) is 2.00. The second-order valence-corrected chi connectivity index (χ2v) is 4.73. The molecule has 0 saturated heterocycles. The number of hydrogen-bond acceptors (Lipinski definition) is 3. The molecule has 0 aliphatic heterocycles. The van der Waals surface area contributed by atoms with Crippen molar-refractivity contribution >= 4 is 5.91 Å². The third kappa shape index (κ3) is 3.91. The molecule has 0 atom stereocenters. The summed E-state index contributed by atoms with van der Waals surface area (Å²) in [6.07, 6.45) is 6.69. The molecule has 0 unspecified atom stereocenters. The van der Waals surface area contributed by atoms with Crippen LogP contribution in [0.2, 0.25) is 0 Å². The molecule has 2 aromatic rings. The van der Waals surface area contributed by atoms with Crippen LogP contribution in [0.4, 0.5) is 0 Å². The molecule has 2 rings (SSSR count). The predicted molar refractivity (Wildman–Crippen MR) is 77.0 cm³/mol. The molecule has 2 heterocycles. The Morgan fingerprint density at radius 1 is 1.35 bits per heavy atom. The smallest absolute Gasteiger partial charge is 0.220 e. The Labute approximate surface area is 119 Å². The quantitative estimate of drug-likeness (QED) is 0.873. The molecule has 0 aliphatic rings. The summed E-state index contributed by atoms with van der Waals surface area (Å²) in [5.74, 6) is 0.0606. The average Bonchev–Trinajstić information content (AvgIpc) is 2.84. The average molecular weight is 272 g/mol. The van der Waals surface area contributed by atoms with Crippen LogP contribution in [-0.2, 0) is 24.3 Å². The third-order valence-electron chi connectivity index (χ3n) is 3.23. The Morgan fingerprint density at radius 2 is 2.10 bits per heavy atom. The lowest BCUT2D eigenvalue weighted by atomic mass is 10.1. The summed E-state index contributed by atoms with van der Waals surface area (Å²) in [5, 5.41) is 7.29. The van der Waals surface area contributed by atoms with Crippen molar-refractivity contribution in [2.45, 2.75) is 39.8 Å². The van der Waals surface area contributed by atoms with Crippen molar-refractivity contribution in [1.29, 1.82) is 0 Å². The van der Waals surface area contributed by atoms with Gasteiger partial charge >= 0.3 is 0 Å². The molecular weight excluding hydrogens is 252 g/mol. The van der Waals surface area contributed by atoms with E-state index in [2.05, 4.69) is 22.3 Å². The molecule has 20 heavy (non-hydrogen) atoms. The van der Waals surface area contributed by atoms with Crippen molar-refractivity contribution in [3.05, 3.63) is 47.5 Å². The molecule has 1 N–H and O–H groups in total. The van der Waals surface area contributed by atoms with E-state index in [1.807, 2.05) is 29.9 Å². The normalized spacial score (nSPS) is 10.5. The Morgan fingerprint density at radius 3 is 2.75 bits per heavy atom. The number of aromatic nitrogens is 3. The van der Waals surface area contributed by atoms with Gasteiger partial charge in [-0.05, 0) is 43.5 Å².